The summed E-state index contributed by atoms with van der Waals surface area (Å²) in [7, 11) is 0. The number of aromatic nitrogens is 4. The van der Waals surface area contributed by atoms with Gasteiger partial charge in [-0.3, -0.25) is 4.79 Å². The summed E-state index contributed by atoms with van der Waals surface area (Å²) in [6.07, 6.45) is 2.23. The molecular weight excluding hydrogens is 386 g/mol. The Balaban J connectivity index is 1.44. The van der Waals surface area contributed by atoms with Crippen molar-refractivity contribution in [2.24, 2.45) is 0 Å². The second kappa shape index (κ2) is 9.67. The highest BCUT2D eigenvalue weighted by atomic mass is 32.2. The normalized spacial score (nSPS) is 16.1. The van der Waals surface area contributed by atoms with Crippen LogP contribution >= 0.6 is 11.8 Å². The number of hydrogen-bond donors (Lipinski definition) is 0. The molecule has 7 nitrogen and oxygen atoms in total. The zero-order valence-electron chi connectivity index (χ0n) is 16.1. The summed E-state index contributed by atoms with van der Waals surface area (Å²) in [6.45, 7) is 1.93. The summed E-state index contributed by atoms with van der Waals surface area (Å²) in [5, 5.41) is 12.6. The van der Waals surface area contributed by atoms with Gasteiger partial charge < -0.3 is 9.64 Å². The third kappa shape index (κ3) is 5.21. The summed E-state index contributed by atoms with van der Waals surface area (Å²) < 4.78 is 7.40. The average molecular weight is 410 g/mol. The number of carbonyl (C=O) groups is 1. The minimum atomic E-state index is 0.0109. The zero-order chi connectivity index (χ0) is 19.9. The summed E-state index contributed by atoms with van der Waals surface area (Å²) in [5.41, 5.74) is 1.96. The van der Waals surface area contributed by atoms with Gasteiger partial charge in [0.1, 0.15) is 0 Å². The Bertz CT molecular complexity index is 913. The predicted octanol–water partition coefficient (Wildman–Crippen LogP) is 3.18. The summed E-state index contributed by atoms with van der Waals surface area (Å²) >= 11 is 1.36. The minimum absolute atomic E-state index is 0.0109. The van der Waals surface area contributed by atoms with Crippen LogP contribution in [0.3, 0.4) is 0 Å². The molecule has 0 N–H and O–H groups in total. The molecule has 4 rings (SSSR count). The average Bonchev–Trinajstić information content (AvgIpc) is 3.44. The Labute approximate surface area is 174 Å². The second-order valence-electron chi connectivity index (χ2n) is 6.87. The highest BCUT2D eigenvalue weighted by Gasteiger charge is 2.21. The molecule has 1 aromatic heterocycles. The maximum absolute atomic E-state index is 13.1. The molecule has 0 aliphatic carbocycles. The number of amides is 1. The van der Waals surface area contributed by atoms with Crippen molar-refractivity contribution < 1.29 is 9.53 Å². The zero-order valence-corrected chi connectivity index (χ0v) is 16.9. The Morgan fingerprint density at radius 3 is 2.62 bits per heavy atom. The Hall–Kier alpha value is -2.71. The van der Waals surface area contributed by atoms with Gasteiger partial charge in [0.05, 0.1) is 24.9 Å². The van der Waals surface area contributed by atoms with E-state index in [4.69, 9.17) is 4.74 Å². The molecule has 1 aliphatic rings. The van der Waals surface area contributed by atoms with E-state index in [2.05, 4.69) is 15.5 Å². The van der Waals surface area contributed by atoms with Crippen molar-refractivity contribution >= 4 is 23.4 Å². The first kappa shape index (κ1) is 19.6. The lowest BCUT2D eigenvalue weighted by Gasteiger charge is -2.23. The molecule has 1 amide bonds. The summed E-state index contributed by atoms with van der Waals surface area (Å²) in [6, 6.07) is 19.7. The molecule has 150 valence electrons. The van der Waals surface area contributed by atoms with Crippen LogP contribution in [0.5, 0.6) is 0 Å². The number of nitrogens with zero attached hydrogens (tertiary/aromatic N) is 5. The van der Waals surface area contributed by atoms with Crippen molar-refractivity contribution in [1.29, 1.82) is 0 Å². The van der Waals surface area contributed by atoms with Crippen molar-refractivity contribution in [1.82, 2.24) is 20.2 Å². The molecule has 0 radical (unpaired) electrons. The van der Waals surface area contributed by atoms with E-state index in [1.807, 2.05) is 60.7 Å². The number of benzene rings is 2. The van der Waals surface area contributed by atoms with E-state index in [9.17, 15) is 4.79 Å². The van der Waals surface area contributed by atoms with E-state index in [0.717, 1.165) is 30.7 Å². The molecule has 8 heteroatoms. The van der Waals surface area contributed by atoms with Gasteiger partial charge in [-0.1, -0.05) is 60.3 Å². The van der Waals surface area contributed by atoms with Crippen molar-refractivity contribution in [2.45, 2.75) is 37.2 Å². The standard InChI is InChI=1S/C21H23N5O2S/c27-20(16-29-21-22-23-24-26(21)15-19-12-7-13-28-19)25(18-10-5-2-6-11-18)14-17-8-3-1-4-9-17/h1-6,8-11,19H,7,12-16H2. The maximum Gasteiger partial charge on any atom is 0.237 e. The molecule has 1 saturated heterocycles. The van der Waals surface area contributed by atoms with Crippen LogP contribution in [-0.4, -0.2) is 44.6 Å². The van der Waals surface area contributed by atoms with Crippen LogP contribution in [0.2, 0.25) is 0 Å². The van der Waals surface area contributed by atoms with Crippen molar-refractivity contribution in [3.8, 4) is 0 Å². The van der Waals surface area contributed by atoms with Crippen LogP contribution in [-0.2, 0) is 22.6 Å². The Morgan fingerprint density at radius 1 is 1.14 bits per heavy atom. The molecule has 1 fully saturated rings. The minimum Gasteiger partial charge on any atom is -0.376 e. The van der Waals surface area contributed by atoms with E-state index in [1.54, 1.807) is 9.58 Å². The van der Waals surface area contributed by atoms with Gasteiger partial charge in [-0.25, -0.2) is 4.68 Å². The molecule has 0 saturated carbocycles. The maximum atomic E-state index is 13.1. The van der Waals surface area contributed by atoms with Gasteiger partial charge in [-0.15, -0.1) is 5.10 Å². The van der Waals surface area contributed by atoms with Crippen LogP contribution in [0, 0.1) is 0 Å². The quantitative estimate of drug-likeness (QED) is 0.532. The van der Waals surface area contributed by atoms with E-state index in [1.165, 1.54) is 11.8 Å². The largest absolute Gasteiger partial charge is 0.376 e. The van der Waals surface area contributed by atoms with Crippen LogP contribution in [0.4, 0.5) is 5.69 Å². The number of tetrazole rings is 1. The van der Waals surface area contributed by atoms with Gasteiger partial charge >= 0.3 is 0 Å². The number of carbonyl (C=O) groups excluding carboxylic acids is 1. The lowest BCUT2D eigenvalue weighted by Crippen LogP contribution is -2.32. The molecule has 2 heterocycles. The number of ether oxygens (including phenoxy) is 1. The number of thioether (sulfide) groups is 1. The van der Waals surface area contributed by atoms with Crippen LogP contribution < -0.4 is 4.90 Å². The number of rotatable bonds is 8. The molecule has 3 aromatic rings. The smallest absolute Gasteiger partial charge is 0.237 e. The molecule has 1 atom stereocenters. The fourth-order valence-corrected chi connectivity index (χ4v) is 4.06. The third-order valence-electron chi connectivity index (χ3n) is 4.78. The van der Waals surface area contributed by atoms with E-state index < -0.39 is 0 Å². The third-order valence-corrected chi connectivity index (χ3v) is 5.72. The van der Waals surface area contributed by atoms with Crippen molar-refractivity contribution in [3.05, 3.63) is 66.2 Å². The van der Waals surface area contributed by atoms with Gasteiger partial charge in [0.25, 0.3) is 0 Å². The first-order chi connectivity index (χ1) is 14.3. The molecule has 29 heavy (non-hydrogen) atoms. The van der Waals surface area contributed by atoms with Gasteiger partial charge in [0.15, 0.2) is 0 Å². The SMILES string of the molecule is O=C(CSc1nnnn1CC1CCCO1)N(Cc1ccccc1)c1ccccc1. The van der Waals surface area contributed by atoms with Crippen LogP contribution in [0.15, 0.2) is 65.8 Å². The second-order valence-corrected chi connectivity index (χ2v) is 7.81. The molecule has 1 unspecified atom stereocenters. The molecule has 0 bridgehead atoms. The summed E-state index contributed by atoms with van der Waals surface area (Å²) in [5.74, 6) is 0.268. The van der Waals surface area contributed by atoms with Gasteiger partial charge in [-0.05, 0) is 41.0 Å². The lowest BCUT2D eigenvalue weighted by atomic mass is 10.2. The van der Waals surface area contributed by atoms with E-state index >= 15 is 0 Å². The van der Waals surface area contributed by atoms with E-state index in [-0.39, 0.29) is 17.8 Å². The number of hydrogen-bond acceptors (Lipinski definition) is 6. The highest BCUT2D eigenvalue weighted by molar-refractivity contribution is 7.99. The topological polar surface area (TPSA) is 73.1 Å². The lowest BCUT2D eigenvalue weighted by molar-refractivity contribution is -0.116. The van der Waals surface area contributed by atoms with Crippen LogP contribution in [0.1, 0.15) is 18.4 Å². The Kier molecular flexibility index (Phi) is 6.53. The van der Waals surface area contributed by atoms with Crippen molar-refractivity contribution in [2.75, 3.05) is 17.3 Å². The monoisotopic (exact) mass is 409 g/mol. The van der Waals surface area contributed by atoms with E-state index in [0.29, 0.717) is 18.2 Å². The Morgan fingerprint density at radius 2 is 1.90 bits per heavy atom. The van der Waals surface area contributed by atoms with Crippen molar-refractivity contribution in [3.63, 3.8) is 0 Å². The fourth-order valence-electron chi connectivity index (χ4n) is 3.30. The van der Waals surface area contributed by atoms with Gasteiger partial charge in [-0.2, -0.15) is 0 Å². The molecule has 0 spiro atoms. The van der Waals surface area contributed by atoms with Gasteiger partial charge in [0.2, 0.25) is 11.1 Å². The number of para-hydroxylation sites is 1. The summed E-state index contributed by atoms with van der Waals surface area (Å²) in [4.78, 5) is 14.9. The molecule has 1 aliphatic heterocycles. The first-order valence-corrected chi connectivity index (χ1v) is 10.7. The highest BCUT2D eigenvalue weighted by Crippen LogP contribution is 2.22. The fraction of sp³-hybridized carbons (Fsp3) is 0.333. The first-order valence-electron chi connectivity index (χ1n) is 9.69. The molecular formula is C21H23N5O2S. The van der Waals surface area contributed by atoms with Gasteiger partial charge in [0, 0.05) is 12.3 Å². The number of anilines is 1. The van der Waals surface area contributed by atoms with Crippen LogP contribution in [0.25, 0.3) is 0 Å². The predicted molar refractivity (Wildman–Crippen MR) is 112 cm³/mol. The molecule has 2 aromatic carbocycles.